The molecule has 5 nitrogen and oxygen atoms in total. The molecule has 4 bridgehead atoms. The number of rotatable bonds is 8. The van der Waals surface area contributed by atoms with E-state index in [1.54, 1.807) is 0 Å². The monoisotopic (exact) mass is 520 g/mol. The molecule has 4 saturated carbocycles. The lowest BCUT2D eigenvalue weighted by Crippen LogP contribution is -2.63. The number of halogens is 1. The van der Waals surface area contributed by atoms with Crippen molar-refractivity contribution in [1.82, 2.24) is 10.6 Å². The van der Waals surface area contributed by atoms with Crippen LogP contribution in [0.2, 0.25) is 0 Å². The third kappa shape index (κ3) is 5.70. The van der Waals surface area contributed by atoms with Gasteiger partial charge in [0.05, 0.1) is 11.1 Å². The fraction of sp³-hybridized carbons (Fsp3) is 0.741. The zero-order chi connectivity index (χ0) is 24.1. The van der Waals surface area contributed by atoms with E-state index in [0.717, 1.165) is 16.9 Å². The van der Waals surface area contributed by atoms with Gasteiger partial charge in [0.2, 0.25) is 0 Å². The van der Waals surface area contributed by atoms with E-state index in [4.69, 9.17) is 9.47 Å². The summed E-state index contributed by atoms with van der Waals surface area (Å²) in [5.41, 5.74) is 2.11. The molecule has 4 atom stereocenters. The van der Waals surface area contributed by atoms with Gasteiger partial charge < -0.3 is 20.1 Å². The Hall–Kier alpha value is -1.27. The molecule has 5 rings (SSSR count). The number of carbonyl (C=O) groups excluding carboxylic acids is 1. The van der Waals surface area contributed by atoms with E-state index in [0.29, 0.717) is 28.9 Å². The fourth-order valence-electron chi connectivity index (χ4n) is 7.65. The number of hydrogen-bond acceptors (Lipinski definition) is 4. The normalized spacial score (nSPS) is 32.6. The molecule has 6 heteroatoms. The first-order valence-corrected chi connectivity index (χ1v) is 13.3. The van der Waals surface area contributed by atoms with Crippen LogP contribution in [0.25, 0.3) is 0 Å². The molecule has 4 fully saturated rings. The van der Waals surface area contributed by atoms with E-state index in [-0.39, 0.29) is 23.6 Å². The first-order chi connectivity index (χ1) is 15.3. The van der Waals surface area contributed by atoms with Crippen LogP contribution in [-0.4, -0.2) is 30.2 Å². The van der Waals surface area contributed by atoms with Gasteiger partial charge >= 0.3 is 0 Å². The zero-order valence-electron chi connectivity index (χ0n) is 21.2. The average Bonchev–Trinajstić information content (AvgIpc) is 2.61. The van der Waals surface area contributed by atoms with E-state index >= 15 is 0 Å². The first kappa shape index (κ1) is 24.8. The summed E-state index contributed by atoms with van der Waals surface area (Å²) in [6, 6.07) is 4.15. The minimum absolute atomic E-state index is 0.0464. The second-order valence-corrected chi connectivity index (χ2v) is 13.5. The molecule has 1 aromatic rings. The molecule has 0 saturated heterocycles. The van der Waals surface area contributed by atoms with Crippen molar-refractivity contribution in [3.8, 4) is 11.5 Å². The Kier molecular flexibility index (Phi) is 6.58. The number of hydrogen-bond donors (Lipinski definition) is 2. The summed E-state index contributed by atoms with van der Waals surface area (Å²) in [6.45, 7) is 14.2. The van der Waals surface area contributed by atoms with Gasteiger partial charge in [-0.2, -0.15) is 0 Å². The van der Waals surface area contributed by atoms with Crippen molar-refractivity contribution in [2.24, 2.45) is 16.7 Å². The van der Waals surface area contributed by atoms with Crippen molar-refractivity contribution in [3.05, 3.63) is 22.2 Å². The summed E-state index contributed by atoms with van der Waals surface area (Å²) in [5, 5.41) is 6.94. The number of amides is 1. The highest BCUT2D eigenvalue weighted by Crippen LogP contribution is 2.66. The molecule has 4 aliphatic rings. The van der Waals surface area contributed by atoms with E-state index in [9.17, 15) is 4.79 Å². The predicted molar refractivity (Wildman–Crippen MR) is 136 cm³/mol. The predicted octanol–water partition coefficient (Wildman–Crippen LogP) is 5.98. The zero-order valence-corrected chi connectivity index (χ0v) is 22.8. The molecule has 2 N–H and O–H groups in total. The quantitative estimate of drug-likeness (QED) is 0.442. The number of nitrogens with one attached hydrogen (secondary N) is 2. The highest BCUT2D eigenvalue weighted by molar-refractivity contribution is 9.10. The summed E-state index contributed by atoms with van der Waals surface area (Å²) < 4.78 is 12.6. The molecule has 1 aromatic carbocycles. The van der Waals surface area contributed by atoms with Gasteiger partial charge in [0.25, 0.3) is 5.91 Å². The van der Waals surface area contributed by atoms with Crippen LogP contribution in [0.1, 0.15) is 85.6 Å². The van der Waals surface area contributed by atoms with Gasteiger partial charge in [0.1, 0.15) is 0 Å². The summed E-state index contributed by atoms with van der Waals surface area (Å²) in [6.07, 6.45) is 8.07. The summed E-state index contributed by atoms with van der Waals surface area (Å²) in [4.78, 5) is 12.2. The maximum atomic E-state index is 12.2. The van der Waals surface area contributed by atoms with Gasteiger partial charge in [-0.05, 0) is 117 Å². The van der Waals surface area contributed by atoms with Crippen LogP contribution in [0.3, 0.4) is 0 Å². The Bertz CT molecular complexity index is 891. The molecular weight excluding hydrogens is 480 g/mol. The van der Waals surface area contributed by atoms with Crippen molar-refractivity contribution in [1.29, 1.82) is 0 Å². The van der Waals surface area contributed by atoms with E-state index in [1.807, 2.05) is 27.7 Å². The van der Waals surface area contributed by atoms with Crippen molar-refractivity contribution in [3.63, 3.8) is 0 Å². The van der Waals surface area contributed by atoms with Crippen molar-refractivity contribution < 1.29 is 14.3 Å². The van der Waals surface area contributed by atoms with Gasteiger partial charge in [0.15, 0.2) is 18.1 Å². The third-order valence-electron chi connectivity index (χ3n) is 7.52. The van der Waals surface area contributed by atoms with Crippen LogP contribution in [0.15, 0.2) is 16.6 Å². The van der Waals surface area contributed by atoms with Crippen LogP contribution < -0.4 is 20.1 Å². The topological polar surface area (TPSA) is 59.6 Å². The highest BCUT2D eigenvalue weighted by Gasteiger charge is 2.59. The van der Waals surface area contributed by atoms with Crippen LogP contribution in [0, 0.1) is 16.7 Å². The molecule has 0 radical (unpaired) electrons. The molecule has 184 valence electrons. The van der Waals surface area contributed by atoms with Gasteiger partial charge in [-0.15, -0.1) is 0 Å². The van der Waals surface area contributed by atoms with Gasteiger partial charge in [-0.25, -0.2) is 0 Å². The second kappa shape index (κ2) is 8.75. The number of carbonyl (C=O) groups is 1. The summed E-state index contributed by atoms with van der Waals surface area (Å²) in [5.74, 6) is 1.98. The minimum atomic E-state index is -0.290. The van der Waals surface area contributed by atoms with Gasteiger partial charge in [-0.3, -0.25) is 4.79 Å². The Morgan fingerprint density at radius 3 is 2.33 bits per heavy atom. The molecule has 1 amide bonds. The minimum Gasteiger partial charge on any atom is -0.490 e. The van der Waals surface area contributed by atoms with Crippen LogP contribution in [0.4, 0.5) is 0 Å². The SMILES string of the molecule is CCOc1cc(CNC23CC4C[C@@](C)(C2)C[C@](C)(C4)C3)cc(Br)c1OCC(=O)NC(C)(C)C. The summed E-state index contributed by atoms with van der Waals surface area (Å²) in [7, 11) is 0. The molecule has 4 aliphatic carbocycles. The maximum Gasteiger partial charge on any atom is 0.258 e. The Labute approximate surface area is 207 Å². The average molecular weight is 522 g/mol. The molecular formula is C27H41BrN2O3. The van der Waals surface area contributed by atoms with Gasteiger partial charge in [-0.1, -0.05) is 13.8 Å². The molecule has 0 aliphatic heterocycles. The lowest BCUT2D eigenvalue weighted by atomic mass is 9.43. The molecule has 33 heavy (non-hydrogen) atoms. The Balaban J connectivity index is 1.46. The maximum absolute atomic E-state index is 12.2. The van der Waals surface area contributed by atoms with Crippen molar-refractivity contribution >= 4 is 21.8 Å². The Morgan fingerprint density at radius 2 is 1.76 bits per heavy atom. The van der Waals surface area contributed by atoms with E-state index in [1.165, 1.54) is 44.1 Å². The second-order valence-electron chi connectivity index (χ2n) is 12.7. The largest absolute Gasteiger partial charge is 0.490 e. The Morgan fingerprint density at radius 1 is 1.09 bits per heavy atom. The van der Waals surface area contributed by atoms with E-state index in [2.05, 4.69) is 52.5 Å². The fourth-order valence-corrected chi connectivity index (χ4v) is 8.26. The number of ether oxygens (including phenoxy) is 2. The lowest BCUT2D eigenvalue weighted by Gasteiger charge is -2.65. The first-order valence-electron chi connectivity index (χ1n) is 12.5. The molecule has 0 aromatic heterocycles. The van der Waals surface area contributed by atoms with Crippen LogP contribution >= 0.6 is 15.9 Å². The number of benzene rings is 1. The lowest BCUT2D eigenvalue weighted by molar-refractivity contribution is -0.124. The van der Waals surface area contributed by atoms with Gasteiger partial charge in [0, 0.05) is 17.6 Å². The van der Waals surface area contributed by atoms with E-state index < -0.39 is 0 Å². The van der Waals surface area contributed by atoms with Crippen molar-refractivity contribution in [2.45, 2.75) is 97.7 Å². The third-order valence-corrected chi connectivity index (χ3v) is 8.11. The smallest absolute Gasteiger partial charge is 0.258 e. The molecule has 0 spiro atoms. The highest BCUT2D eigenvalue weighted by atomic mass is 79.9. The summed E-state index contributed by atoms with van der Waals surface area (Å²) >= 11 is 3.67. The molecule has 2 unspecified atom stereocenters. The van der Waals surface area contributed by atoms with Crippen LogP contribution in [-0.2, 0) is 11.3 Å². The standard InChI is InChI=1S/C27H41BrN2O3/c1-7-32-21-9-18(8-20(28)23(21)33-14-22(31)30-24(2,3)4)13-29-27-12-19-10-25(5,16-27)15-26(6,11-19)17-27/h8-9,19,29H,7,10-17H2,1-6H3,(H,30,31)/t19?,25-,26+,27?. The van der Waals surface area contributed by atoms with Crippen molar-refractivity contribution in [2.75, 3.05) is 13.2 Å². The molecule has 0 heterocycles. The van der Waals surface area contributed by atoms with Crippen LogP contribution in [0.5, 0.6) is 11.5 Å².